The molecule has 1 aliphatic carbocycles. The molecule has 0 unspecified atom stereocenters. The van der Waals surface area contributed by atoms with Gasteiger partial charge in [-0.2, -0.15) is 0 Å². The highest BCUT2D eigenvalue weighted by Crippen LogP contribution is 2.20. The monoisotopic (exact) mass is 390 g/mol. The van der Waals surface area contributed by atoms with Crippen molar-refractivity contribution >= 4 is 15.9 Å². The molecule has 1 fully saturated rings. The maximum absolute atomic E-state index is 12.6. The Hall–Kier alpha value is -1.66. The van der Waals surface area contributed by atoms with Crippen molar-refractivity contribution in [2.45, 2.75) is 62.7 Å². The maximum atomic E-state index is 12.6. The van der Waals surface area contributed by atoms with Crippen LogP contribution in [0, 0.1) is 0 Å². The van der Waals surface area contributed by atoms with Crippen LogP contribution in [0.25, 0.3) is 0 Å². The van der Waals surface area contributed by atoms with Gasteiger partial charge in [0.1, 0.15) is 0 Å². The molecule has 6 heteroatoms. The van der Waals surface area contributed by atoms with Crippen LogP contribution in [0.5, 0.6) is 0 Å². The average Bonchev–Trinajstić information content (AvgIpc) is 2.98. The van der Waals surface area contributed by atoms with Crippen molar-refractivity contribution in [3.8, 4) is 0 Å². The topological polar surface area (TPSA) is 66.5 Å². The van der Waals surface area contributed by atoms with Crippen molar-refractivity contribution in [3.63, 3.8) is 0 Å². The van der Waals surface area contributed by atoms with Gasteiger partial charge in [-0.1, -0.05) is 24.5 Å². The van der Waals surface area contributed by atoms with E-state index in [1.807, 2.05) is 4.90 Å². The van der Waals surface area contributed by atoms with E-state index < -0.39 is 10.0 Å². The van der Waals surface area contributed by atoms with E-state index >= 15 is 0 Å². The minimum absolute atomic E-state index is 0.00181. The third-order valence-corrected chi connectivity index (χ3v) is 6.90. The Morgan fingerprint density at radius 2 is 1.67 bits per heavy atom. The molecular formula is C21H30N2O3S. The van der Waals surface area contributed by atoms with E-state index in [0.29, 0.717) is 12.1 Å². The predicted molar refractivity (Wildman–Crippen MR) is 107 cm³/mol. The summed E-state index contributed by atoms with van der Waals surface area (Å²) < 4.78 is 27.6. The van der Waals surface area contributed by atoms with E-state index in [-0.39, 0.29) is 10.8 Å². The van der Waals surface area contributed by atoms with E-state index in [9.17, 15) is 13.2 Å². The number of sulfonamides is 1. The van der Waals surface area contributed by atoms with Gasteiger partial charge in [-0.3, -0.25) is 4.79 Å². The molecule has 0 atom stereocenters. The summed E-state index contributed by atoms with van der Waals surface area (Å²) in [5.74, 6) is -0.00181. The fraction of sp³-hybridized carbons (Fsp3) is 0.571. The van der Waals surface area contributed by atoms with Gasteiger partial charge >= 0.3 is 0 Å². The summed E-state index contributed by atoms with van der Waals surface area (Å²) in [5, 5.41) is 0. The number of nitrogens with one attached hydrogen (secondary N) is 1. The van der Waals surface area contributed by atoms with Gasteiger partial charge in [0.05, 0.1) is 4.90 Å². The van der Waals surface area contributed by atoms with Crippen LogP contribution in [0.15, 0.2) is 40.8 Å². The Balaban J connectivity index is 1.57. The zero-order valence-electron chi connectivity index (χ0n) is 16.0. The summed E-state index contributed by atoms with van der Waals surface area (Å²) in [5.41, 5.74) is 1.91. The molecule has 0 bridgehead atoms. The van der Waals surface area contributed by atoms with E-state index in [1.165, 1.54) is 43.4 Å². The predicted octanol–water partition coefficient (Wildman–Crippen LogP) is 3.87. The second kappa shape index (κ2) is 9.51. The fourth-order valence-corrected chi connectivity index (χ4v) is 4.83. The number of carbonyl (C=O) groups excluding carboxylic acids is 1. The largest absolute Gasteiger partial charge is 0.339 e. The van der Waals surface area contributed by atoms with Crippen LogP contribution in [-0.2, 0) is 10.0 Å². The SMILES string of the molecule is O=C(c1ccc(S(=O)(=O)NCCC2=CCCCC2)cc1)N1CCCCCC1. The Labute approximate surface area is 162 Å². The first kappa shape index (κ1) is 20.1. The second-order valence-corrected chi connectivity index (χ2v) is 9.25. The van der Waals surface area contributed by atoms with E-state index in [1.54, 1.807) is 12.1 Å². The van der Waals surface area contributed by atoms with Crippen LogP contribution in [-0.4, -0.2) is 38.9 Å². The van der Waals surface area contributed by atoms with Gasteiger partial charge in [0.2, 0.25) is 10.0 Å². The van der Waals surface area contributed by atoms with Gasteiger partial charge in [0.25, 0.3) is 5.91 Å². The third-order valence-electron chi connectivity index (χ3n) is 5.43. The molecule has 0 spiro atoms. The molecule has 1 N–H and O–H groups in total. The maximum Gasteiger partial charge on any atom is 0.253 e. The summed E-state index contributed by atoms with van der Waals surface area (Å²) in [6.07, 6.45) is 12.0. The number of rotatable bonds is 6. The lowest BCUT2D eigenvalue weighted by molar-refractivity contribution is 0.0761. The number of benzene rings is 1. The van der Waals surface area contributed by atoms with Crippen LogP contribution in [0.2, 0.25) is 0 Å². The summed E-state index contributed by atoms with van der Waals surface area (Å²) >= 11 is 0. The van der Waals surface area contributed by atoms with Gasteiger partial charge < -0.3 is 4.90 Å². The van der Waals surface area contributed by atoms with Gasteiger partial charge in [0, 0.05) is 25.2 Å². The molecule has 1 saturated heterocycles. The minimum Gasteiger partial charge on any atom is -0.339 e. The normalized spacial score (nSPS) is 18.7. The number of hydrogen-bond donors (Lipinski definition) is 1. The summed E-state index contributed by atoms with van der Waals surface area (Å²) in [4.78, 5) is 14.7. The van der Waals surface area contributed by atoms with Crippen LogP contribution in [0.1, 0.15) is 68.1 Å². The third kappa shape index (κ3) is 5.66. The van der Waals surface area contributed by atoms with E-state index in [2.05, 4.69) is 10.8 Å². The molecule has 1 aliphatic heterocycles. The van der Waals surface area contributed by atoms with E-state index in [0.717, 1.165) is 45.2 Å². The van der Waals surface area contributed by atoms with Gasteiger partial charge in [-0.25, -0.2) is 13.1 Å². The van der Waals surface area contributed by atoms with Gasteiger partial charge in [-0.15, -0.1) is 0 Å². The Morgan fingerprint density at radius 3 is 2.30 bits per heavy atom. The van der Waals surface area contributed by atoms with Crippen molar-refractivity contribution in [1.29, 1.82) is 0 Å². The molecule has 1 aromatic rings. The lowest BCUT2D eigenvalue weighted by Crippen LogP contribution is -2.31. The lowest BCUT2D eigenvalue weighted by Gasteiger charge is -2.20. The van der Waals surface area contributed by atoms with E-state index in [4.69, 9.17) is 0 Å². The quantitative estimate of drug-likeness (QED) is 0.750. The molecule has 0 aromatic heterocycles. The Morgan fingerprint density at radius 1 is 0.963 bits per heavy atom. The molecule has 1 aromatic carbocycles. The van der Waals surface area contributed by atoms with Gasteiger partial charge in [-0.05, 0) is 69.2 Å². The van der Waals surface area contributed by atoms with Gasteiger partial charge in [0.15, 0.2) is 0 Å². The first-order valence-corrected chi connectivity index (χ1v) is 11.6. The van der Waals surface area contributed by atoms with Crippen molar-refractivity contribution in [2.75, 3.05) is 19.6 Å². The molecule has 0 radical (unpaired) electrons. The van der Waals surface area contributed by atoms with Crippen molar-refractivity contribution < 1.29 is 13.2 Å². The number of carbonyl (C=O) groups is 1. The molecule has 27 heavy (non-hydrogen) atoms. The fourth-order valence-electron chi connectivity index (χ4n) is 3.79. The van der Waals surface area contributed by atoms with Crippen LogP contribution in [0.3, 0.4) is 0 Å². The minimum atomic E-state index is -3.54. The van der Waals surface area contributed by atoms with Crippen LogP contribution < -0.4 is 4.72 Å². The molecule has 0 saturated carbocycles. The summed E-state index contributed by atoms with van der Waals surface area (Å²) in [6.45, 7) is 2.00. The molecule has 5 nitrogen and oxygen atoms in total. The number of allylic oxidation sites excluding steroid dienone is 1. The molecule has 148 valence electrons. The molecule has 3 rings (SSSR count). The molecule has 2 aliphatic rings. The average molecular weight is 391 g/mol. The Bertz CT molecular complexity index is 761. The standard InChI is InChI=1S/C21H30N2O3S/c24-21(23-16-6-1-2-7-17-23)19-10-12-20(13-11-19)27(25,26)22-15-14-18-8-4-3-5-9-18/h8,10-13,22H,1-7,9,14-17H2. The highest BCUT2D eigenvalue weighted by atomic mass is 32.2. The van der Waals surface area contributed by atoms with Crippen LogP contribution in [0.4, 0.5) is 0 Å². The molecule has 1 amide bonds. The van der Waals surface area contributed by atoms with Crippen LogP contribution >= 0.6 is 0 Å². The van der Waals surface area contributed by atoms with Crippen molar-refractivity contribution in [2.24, 2.45) is 0 Å². The molecular weight excluding hydrogens is 360 g/mol. The number of hydrogen-bond acceptors (Lipinski definition) is 3. The summed E-state index contributed by atoms with van der Waals surface area (Å²) in [6, 6.07) is 6.33. The van der Waals surface area contributed by atoms with Crippen molar-refractivity contribution in [1.82, 2.24) is 9.62 Å². The zero-order valence-corrected chi connectivity index (χ0v) is 16.8. The molecule has 1 heterocycles. The van der Waals surface area contributed by atoms with Crippen molar-refractivity contribution in [3.05, 3.63) is 41.5 Å². The lowest BCUT2D eigenvalue weighted by atomic mass is 9.97. The Kier molecular flexibility index (Phi) is 7.07. The highest BCUT2D eigenvalue weighted by molar-refractivity contribution is 7.89. The first-order chi connectivity index (χ1) is 13.1. The smallest absolute Gasteiger partial charge is 0.253 e. The number of amides is 1. The summed E-state index contributed by atoms with van der Waals surface area (Å²) in [7, 11) is -3.54. The number of likely N-dealkylation sites (tertiary alicyclic amines) is 1. The highest BCUT2D eigenvalue weighted by Gasteiger charge is 2.19. The zero-order chi connectivity index (χ0) is 19.1. The number of nitrogens with zero attached hydrogens (tertiary/aromatic N) is 1. The first-order valence-electron chi connectivity index (χ1n) is 10.1. The second-order valence-electron chi connectivity index (χ2n) is 7.49.